The van der Waals surface area contributed by atoms with Gasteiger partial charge >= 0.3 is 0 Å². The van der Waals surface area contributed by atoms with E-state index >= 15 is 0 Å². The van der Waals surface area contributed by atoms with Crippen LogP contribution in [0.2, 0.25) is 0 Å². The Kier molecular flexibility index (Phi) is 5.56. The molecule has 3 nitrogen and oxygen atoms in total. The summed E-state index contributed by atoms with van der Waals surface area (Å²) in [5.74, 6) is 2.08. The van der Waals surface area contributed by atoms with E-state index in [9.17, 15) is 4.79 Å². The van der Waals surface area contributed by atoms with E-state index in [1.807, 2.05) is 0 Å². The van der Waals surface area contributed by atoms with Crippen LogP contribution in [0.3, 0.4) is 0 Å². The number of amides is 1. The number of carbonyl (C=O) groups excluding carboxylic acids is 1. The Labute approximate surface area is 104 Å². The van der Waals surface area contributed by atoms with Crippen LogP contribution in [0.4, 0.5) is 0 Å². The van der Waals surface area contributed by atoms with Crippen molar-refractivity contribution < 1.29 is 4.79 Å². The predicted octanol–water partition coefficient (Wildman–Crippen LogP) is 1.57. The largest absolute Gasteiger partial charge is 0.356 e. The van der Waals surface area contributed by atoms with Crippen LogP contribution in [0.1, 0.15) is 32.6 Å². The van der Waals surface area contributed by atoms with Crippen molar-refractivity contribution in [3.63, 3.8) is 0 Å². The maximum absolute atomic E-state index is 11.6. The summed E-state index contributed by atoms with van der Waals surface area (Å²) in [6.45, 7) is 4.96. The minimum Gasteiger partial charge on any atom is -0.356 e. The van der Waals surface area contributed by atoms with Gasteiger partial charge in [0.25, 0.3) is 0 Å². The van der Waals surface area contributed by atoms with Gasteiger partial charge in [0.15, 0.2) is 0 Å². The molecule has 94 valence electrons. The van der Waals surface area contributed by atoms with Crippen LogP contribution in [0.5, 0.6) is 0 Å². The number of carbonyl (C=O) groups is 1. The van der Waals surface area contributed by atoms with E-state index in [1.54, 1.807) is 0 Å². The molecule has 1 saturated heterocycles. The van der Waals surface area contributed by atoms with Gasteiger partial charge in [-0.2, -0.15) is 0 Å². The highest BCUT2D eigenvalue weighted by molar-refractivity contribution is 5.85. The Morgan fingerprint density at radius 1 is 1.38 bits per heavy atom. The quantitative estimate of drug-likeness (QED) is 0.794. The smallest absolute Gasteiger partial charge is 0.225 e. The van der Waals surface area contributed by atoms with Crippen molar-refractivity contribution in [2.24, 2.45) is 17.8 Å². The average molecular weight is 247 g/mol. The summed E-state index contributed by atoms with van der Waals surface area (Å²) in [6.07, 6.45) is 5.31. The van der Waals surface area contributed by atoms with Crippen molar-refractivity contribution in [2.45, 2.75) is 32.6 Å². The van der Waals surface area contributed by atoms with Gasteiger partial charge in [-0.15, -0.1) is 12.4 Å². The molecule has 2 aliphatic rings. The molecule has 2 atom stereocenters. The molecule has 2 fully saturated rings. The normalized spacial score (nSPS) is 30.1. The number of nitrogens with one attached hydrogen (secondary N) is 2. The number of halogens is 1. The lowest BCUT2D eigenvalue weighted by Crippen LogP contribution is -2.51. The Balaban J connectivity index is 0.00000128. The molecule has 0 aromatic carbocycles. The summed E-state index contributed by atoms with van der Waals surface area (Å²) < 4.78 is 0. The molecule has 1 amide bonds. The highest BCUT2D eigenvalue weighted by Gasteiger charge is 2.26. The third-order valence-electron chi connectivity index (χ3n) is 3.76. The van der Waals surface area contributed by atoms with Gasteiger partial charge in [-0.3, -0.25) is 4.79 Å². The Hall–Kier alpha value is -0.280. The first-order valence-electron chi connectivity index (χ1n) is 6.24. The first kappa shape index (κ1) is 13.8. The fraction of sp³-hybridized carbons (Fsp3) is 0.917. The van der Waals surface area contributed by atoms with Crippen LogP contribution in [0.15, 0.2) is 0 Å². The highest BCUT2D eigenvalue weighted by Crippen LogP contribution is 2.27. The van der Waals surface area contributed by atoms with Crippen molar-refractivity contribution in [2.75, 3.05) is 19.6 Å². The van der Waals surface area contributed by atoms with Gasteiger partial charge in [0.05, 0.1) is 5.92 Å². The van der Waals surface area contributed by atoms with E-state index in [0.29, 0.717) is 0 Å². The van der Waals surface area contributed by atoms with Crippen LogP contribution in [-0.4, -0.2) is 25.5 Å². The number of rotatable bonds is 3. The summed E-state index contributed by atoms with van der Waals surface area (Å²) in [4.78, 5) is 11.6. The zero-order valence-electron chi connectivity index (χ0n) is 10.00. The topological polar surface area (TPSA) is 41.1 Å². The van der Waals surface area contributed by atoms with E-state index in [0.717, 1.165) is 31.5 Å². The minimum atomic E-state index is 0. The molecule has 0 spiro atoms. The lowest BCUT2D eigenvalue weighted by atomic mass is 9.82. The molecule has 1 aliphatic heterocycles. The monoisotopic (exact) mass is 246 g/mol. The lowest BCUT2D eigenvalue weighted by molar-refractivity contribution is -0.126. The molecule has 2 rings (SSSR count). The molecular formula is C12H23ClN2O. The maximum Gasteiger partial charge on any atom is 0.225 e. The Bertz CT molecular complexity index is 231. The van der Waals surface area contributed by atoms with Crippen molar-refractivity contribution in [1.29, 1.82) is 0 Å². The second kappa shape index (κ2) is 6.45. The van der Waals surface area contributed by atoms with Gasteiger partial charge in [-0.05, 0) is 24.7 Å². The zero-order valence-corrected chi connectivity index (χ0v) is 10.8. The molecule has 2 unspecified atom stereocenters. The highest BCUT2D eigenvalue weighted by atomic mass is 35.5. The summed E-state index contributed by atoms with van der Waals surface area (Å²) in [6, 6.07) is 0. The van der Waals surface area contributed by atoms with Crippen molar-refractivity contribution >= 4 is 18.3 Å². The number of hydrogen-bond donors (Lipinski definition) is 2. The van der Waals surface area contributed by atoms with Gasteiger partial charge in [-0.1, -0.05) is 19.8 Å². The van der Waals surface area contributed by atoms with Gasteiger partial charge in [0.2, 0.25) is 5.91 Å². The second-order valence-corrected chi connectivity index (χ2v) is 5.24. The summed E-state index contributed by atoms with van der Waals surface area (Å²) in [5.41, 5.74) is 0. The number of hydrogen-bond acceptors (Lipinski definition) is 2. The van der Waals surface area contributed by atoms with Gasteiger partial charge in [0.1, 0.15) is 0 Å². The molecule has 1 heterocycles. The van der Waals surface area contributed by atoms with Crippen molar-refractivity contribution in [3.05, 3.63) is 0 Å². The van der Waals surface area contributed by atoms with E-state index in [-0.39, 0.29) is 24.2 Å². The first-order valence-corrected chi connectivity index (χ1v) is 6.24. The minimum absolute atomic E-state index is 0. The maximum atomic E-state index is 11.6. The molecule has 0 aromatic rings. The third-order valence-corrected chi connectivity index (χ3v) is 3.76. The van der Waals surface area contributed by atoms with Crippen LogP contribution >= 0.6 is 12.4 Å². The first-order chi connectivity index (χ1) is 7.25. The van der Waals surface area contributed by atoms with Crippen molar-refractivity contribution in [3.8, 4) is 0 Å². The van der Waals surface area contributed by atoms with E-state index < -0.39 is 0 Å². The van der Waals surface area contributed by atoms with Gasteiger partial charge in [-0.25, -0.2) is 0 Å². The van der Waals surface area contributed by atoms with Gasteiger partial charge < -0.3 is 10.6 Å². The summed E-state index contributed by atoms with van der Waals surface area (Å²) in [7, 11) is 0. The molecule has 4 heteroatoms. The molecule has 0 aromatic heterocycles. The fourth-order valence-electron chi connectivity index (χ4n) is 2.61. The third kappa shape index (κ3) is 3.63. The molecule has 0 bridgehead atoms. The molecule has 16 heavy (non-hydrogen) atoms. The fourth-order valence-corrected chi connectivity index (χ4v) is 2.61. The summed E-state index contributed by atoms with van der Waals surface area (Å²) in [5, 5.41) is 6.22. The van der Waals surface area contributed by atoms with E-state index in [1.165, 1.54) is 25.7 Å². The zero-order chi connectivity index (χ0) is 10.7. The average Bonchev–Trinajstić information content (AvgIpc) is 2.12. The molecular weight excluding hydrogens is 224 g/mol. The van der Waals surface area contributed by atoms with Crippen molar-refractivity contribution in [1.82, 2.24) is 10.6 Å². The van der Waals surface area contributed by atoms with E-state index in [2.05, 4.69) is 17.6 Å². The molecule has 1 saturated carbocycles. The van der Waals surface area contributed by atoms with Crippen LogP contribution in [0.25, 0.3) is 0 Å². The standard InChI is InChI=1S/C12H22N2O.ClH/c1-9-3-2-4-10(5-9)6-14-12(15)11-7-13-8-11;/h9-11,13H,2-8H2,1H3,(H,14,15);1H. The Morgan fingerprint density at radius 3 is 2.69 bits per heavy atom. The second-order valence-electron chi connectivity index (χ2n) is 5.24. The SMILES string of the molecule is CC1CCCC(CNC(=O)C2CNC2)C1.Cl. The van der Waals surface area contributed by atoms with Gasteiger partial charge in [0, 0.05) is 19.6 Å². The van der Waals surface area contributed by atoms with Crippen LogP contribution in [0, 0.1) is 17.8 Å². The van der Waals surface area contributed by atoms with Crippen LogP contribution < -0.4 is 10.6 Å². The molecule has 1 aliphatic carbocycles. The Morgan fingerprint density at radius 2 is 2.12 bits per heavy atom. The van der Waals surface area contributed by atoms with Crippen LogP contribution in [-0.2, 0) is 4.79 Å². The molecule has 2 N–H and O–H groups in total. The lowest BCUT2D eigenvalue weighted by Gasteiger charge is -2.29. The summed E-state index contributed by atoms with van der Waals surface area (Å²) >= 11 is 0. The molecule has 0 radical (unpaired) electrons. The van der Waals surface area contributed by atoms with E-state index in [4.69, 9.17) is 0 Å². The predicted molar refractivity (Wildman–Crippen MR) is 67.7 cm³/mol.